The Kier molecular flexibility index (Phi) is 3.91. The normalized spacial score (nSPS) is 24.6. The number of nitrogens with zero attached hydrogens (tertiary/aromatic N) is 1. The molecule has 2 rings (SSSR count). The number of hydrogen-bond donors (Lipinski definition) is 1. The molecule has 0 radical (unpaired) electrons. The van der Waals surface area contributed by atoms with Gasteiger partial charge in [-0.15, -0.1) is 0 Å². The fourth-order valence-corrected chi connectivity index (χ4v) is 2.08. The van der Waals surface area contributed by atoms with E-state index in [0.717, 1.165) is 5.56 Å². The van der Waals surface area contributed by atoms with E-state index in [1.807, 2.05) is 51.1 Å². The molecule has 2 atom stereocenters. The van der Waals surface area contributed by atoms with Crippen molar-refractivity contribution in [3.05, 3.63) is 35.9 Å². The predicted molar refractivity (Wildman–Crippen MR) is 72.2 cm³/mol. The van der Waals surface area contributed by atoms with Gasteiger partial charge in [-0.3, -0.25) is 5.32 Å². The van der Waals surface area contributed by atoms with Crippen LogP contribution in [0.15, 0.2) is 30.3 Å². The maximum atomic E-state index is 9.45. The summed E-state index contributed by atoms with van der Waals surface area (Å²) in [6.45, 7) is 6.64. The first-order valence-corrected chi connectivity index (χ1v) is 6.47. The molecule has 0 aliphatic carbocycles. The molecule has 19 heavy (non-hydrogen) atoms. The second kappa shape index (κ2) is 5.30. The van der Waals surface area contributed by atoms with E-state index in [4.69, 9.17) is 9.47 Å². The molecule has 0 saturated carbocycles. The van der Waals surface area contributed by atoms with Crippen LogP contribution < -0.4 is 5.32 Å². The van der Waals surface area contributed by atoms with Gasteiger partial charge < -0.3 is 9.47 Å². The lowest BCUT2D eigenvalue weighted by molar-refractivity contribution is -0.144. The van der Waals surface area contributed by atoms with Crippen molar-refractivity contribution in [2.75, 3.05) is 6.61 Å². The molecule has 1 saturated heterocycles. The molecule has 102 valence electrons. The van der Waals surface area contributed by atoms with Crippen molar-refractivity contribution in [1.82, 2.24) is 5.32 Å². The van der Waals surface area contributed by atoms with Gasteiger partial charge in [0.15, 0.2) is 5.79 Å². The van der Waals surface area contributed by atoms with Crippen LogP contribution >= 0.6 is 0 Å². The lowest BCUT2D eigenvalue weighted by atomic mass is 9.96. The van der Waals surface area contributed by atoms with E-state index >= 15 is 0 Å². The van der Waals surface area contributed by atoms with Crippen molar-refractivity contribution < 1.29 is 9.47 Å². The molecule has 4 nitrogen and oxygen atoms in total. The smallest absolute Gasteiger partial charge is 0.163 e. The molecule has 1 aromatic carbocycles. The molecule has 1 heterocycles. The summed E-state index contributed by atoms with van der Waals surface area (Å²) >= 11 is 0. The Morgan fingerprint density at radius 2 is 2.11 bits per heavy atom. The third kappa shape index (κ3) is 3.32. The largest absolute Gasteiger partial charge is 0.348 e. The lowest BCUT2D eigenvalue weighted by Crippen LogP contribution is -2.52. The summed E-state index contributed by atoms with van der Waals surface area (Å²) < 4.78 is 11.3. The molecule has 1 aliphatic heterocycles. The molecule has 0 bridgehead atoms. The fraction of sp³-hybridized carbons (Fsp3) is 0.533. The van der Waals surface area contributed by atoms with Crippen LogP contribution in [0.25, 0.3) is 0 Å². The van der Waals surface area contributed by atoms with Crippen LogP contribution in [-0.4, -0.2) is 24.0 Å². The Hall–Kier alpha value is -1.41. The van der Waals surface area contributed by atoms with Gasteiger partial charge >= 0.3 is 0 Å². The molecule has 0 unspecified atom stereocenters. The van der Waals surface area contributed by atoms with Crippen molar-refractivity contribution in [2.45, 2.75) is 44.7 Å². The zero-order chi connectivity index (χ0) is 13.9. The minimum absolute atomic E-state index is 0.267. The third-order valence-electron chi connectivity index (χ3n) is 3.39. The van der Waals surface area contributed by atoms with Crippen molar-refractivity contribution >= 4 is 0 Å². The molecular weight excluding hydrogens is 240 g/mol. The second-order valence-electron chi connectivity index (χ2n) is 5.47. The number of benzene rings is 1. The Bertz CT molecular complexity index is 467. The molecule has 1 aliphatic rings. The van der Waals surface area contributed by atoms with Crippen LogP contribution in [0.5, 0.6) is 0 Å². The molecule has 4 heteroatoms. The molecule has 1 aromatic rings. The highest BCUT2D eigenvalue weighted by Crippen LogP contribution is 2.28. The van der Waals surface area contributed by atoms with Gasteiger partial charge in [0.1, 0.15) is 11.6 Å². The van der Waals surface area contributed by atoms with Gasteiger partial charge in [-0.05, 0) is 26.3 Å². The highest BCUT2D eigenvalue weighted by atomic mass is 16.7. The number of rotatable bonds is 4. The van der Waals surface area contributed by atoms with E-state index in [1.54, 1.807) is 0 Å². The van der Waals surface area contributed by atoms with Gasteiger partial charge in [0.25, 0.3) is 0 Å². The maximum Gasteiger partial charge on any atom is 0.163 e. The van der Waals surface area contributed by atoms with E-state index in [9.17, 15) is 5.26 Å². The Morgan fingerprint density at radius 1 is 1.42 bits per heavy atom. The summed E-state index contributed by atoms with van der Waals surface area (Å²) in [5.41, 5.74) is 0.381. The summed E-state index contributed by atoms with van der Waals surface area (Å²) in [5, 5.41) is 12.7. The van der Waals surface area contributed by atoms with Crippen LogP contribution in [0.3, 0.4) is 0 Å². The van der Waals surface area contributed by atoms with Gasteiger partial charge in [-0.1, -0.05) is 30.3 Å². The fourth-order valence-electron chi connectivity index (χ4n) is 2.08. The summed E-state index contributed by atoms with van der Waals surface area (Å²) in [5.74, 6) is -0.614. The van der Waals surface area contributed by atoms with E-state index < -0.39 is 11.3 Å². The zero-order valence-electron chi connectivity index (χ0n) is 11.6. The molecule has 0 spiro atoms. The standard InChI is InChI=1S/C15H20N2O2/c1-14(2)18-10-13(19-14)15(3,11-16)17-9-12-7-5-4-6-8-12/h4-8,13,17H,9-10H2,1-3H3/t13-,15-/m1/s1. The first-order chi connectivity index (χ1) is 8.95. The SMILES string of the molecule is CC1(C)OC[C@H]([C@@](C)(C#N)NCc2ccccc2)O1. The Balaban J connectivity index is 2.01. The first kappa shape index (κ1) is 14.0. The van der Waals surface area contributed by atoms with Gasteiger partial charge in [0, 0.05) is 6.54 Å². The molecule has 1 N–H and O–H groups in total. The minimum Gasteiger partial charge on any atom is -0.348 e. The van der Waals surface area contributed by atoms with Gasteiger partial charge in [-0.25, -0.2) is 0 Å². The molecule has 0 amide bonds. The van der Waals surface area contributed by atoms with E-state index in [2.05, 4.69) is 11.4 Å². The topological polar surface area (TPSA) is 54.3 Å². The maximum absolute atomic E-state index is 9.45. The second-order valence-corrected chi connectivity index (χ2v) is 5.47. The third-order valence-corrected chi connectivity index (χ3v) is 3.39. The zero-order valence-corrected chi connectivity index (χ0v) is 11.6. The summed E-state index contributed by atoms with van der Waals surface area (Å²) in [4.78, 5) is 0. The number of ether oxygens (including phenoxy) is 2. The highest BCUT2D eigenvalue weighted by Gasteiger charge is 2.44. The van der Waals surface area contributed by atoms with Crippen LogP contribution in [0.4, 0.5) is 0 Å². The summed E-state index contributed by atoms with van der Waals surface area (Å²) in [7, 11) is 0. The summed E-state index contributed by atoms with van der Waals surface area (Å²) in [6, 6.07) is 12.3. The van der Waals surface area contributed by atoms with E-state index in [1.165, 1.54) is 0 Å². The average Bonchev–Trinajstić information content (AvgIpc) is 2.78. The van der Waals surface area contributed by atoms with Gasteiger partial charge in [0.05, 0.1) is 12.7 Å². The first-order valence-electron chi connectivity index (χ1n) is 6.47. The predicted octanol–water partition coefficient (Wildman–Crippen LogP) is 2.21. The van der Waals surface area contributed by atoms with Crippen LogP contribution in [0.2, 0.25) is 0 Å². The lowest BCUT2D eigenvalue weighted by Gasteiger charge is -2.29. The Morgan fingerprint density at radius 3 is 2.63 bits per heavy atom. The summed E-state index contributed by atoms with van der Waals surface area (Å²) in [6.07, 6.45) is -0.267. The monoisotopic (exact) mass is 260 g/mol. The Labute approximate surface area is 114 Å². The van der Waals surface area contributed by atoms with Crippen molar-refractivity contribution in [2.24, 2.45) is 0 Å². The average molecular weight is 260 g/mol. The van der Waals surface area contributed by atoms with Crippen molar-refractivity contribution in [3.8, 4) is 6.07 Å². The van der Waals surface area contributed by atoms with Gasteiger partial charge in [0.2, 0.25) is 0 Å². The quantitative estimate of drug-likeness (QED) is 0.901. The van der Waals surface area contributed by atoms with Gasteiger partial charge in [-0.2, -0.15) is 5.26 Å². The van der Waals surface area contributed by atoms with Crippen LogP contribution in [0.1, 0.15) is 26.3 Å². The van der Waals surface area contributed by atoms with Crippen LogP contribution in [-0.2, 0) is 16.0 Å². The van der Waals surface area contributed by atoms with E-state index in [-0.39, 0.29) is 6.10 Å². The van der Waals surface area contributed by atoms with Crippen LogP contribution in [0, 0.1) is 11.3 Å². The number of nitriles is 1. The number of hydrogen-bond acceptors (Lipinski definition) is 4. The van der Waals surface area contributed by atoms with Crippen molar-refractivity contribution in [3.63, 3.8) is 0 Å². The van der Waals surface area contributed by atoms with E-state index in [0.29, 0.717) is 13.2 Å². The molecular formula is C15H20N2O2. The molecule has 0 aromatic heterocycles. The molecule has 1 fully saturated rings. The number of nitrogens with one attached hydrogen (secondary N) is 1. The minimum atomic E-state index is -0.760. The van der Waals surface area contributed by atoms with Crippen molar-refractivity contribution in [1.29, 1.82) is 5.26 Å². The highest BCUT2D eigenvalue weighted by molar-refractivity contribution is 5.17.